The smallest absolute Gasteiger partial charge is 0.328 e. The van der Waals surface area contributed by atoms with Gasteiger partial charge in [-0.15, -0.1) is 0 Å². The lowest BCUT2D eigenvalue weighted by atomic mass is 10.3. The Balaban J connectivity index is 4.35. The fourth-order valence-corrected chi connectivity index (χ4v) is 4.31. The lowest BCUT2D eigenvalue weighted by molar-refractivity contribution is -0.143. The third-order valence-electron chi connectivity index (χ3n) is 7.98. The van der Waals surface area contributed by atoms with Crippen molar-refractivity contribution in [3.05, 3.63) is 0 Å². The molecule has 0 saturated heterocycles. The summed E-state index contributed by atoms with van der Waals surface area (Å²) in [4.78, 5) is 190. The predicted octanol–water partition coefficient (Wildman–Crippen LogP) is -16.1. The molecule has 0 aromatic rings. The summed E-state index contributed by atoms with van der Waals surface area (Å²) in [5, 5.41) is 68.1. The molecule has 0 aliphatic carbocycles. The molecule has 0 heterocycles. The maximum atomic E-state index is 12.3. The van der Waals surface area contributed by atoms with Gasteiger partial charge < -0.3 is 106 Å². The normalized spacial score (nSPS) is 11.4. The molecule has 15 amide bonds. The van der Waals surface area contributed by atoms with Crippen molar-refractivity contribution in [3.8, 4) is 0 Å². The molecule has 0 rings (SSSR count). The van der Waals surface area contributed by atoms with Gasteiger partial charge in [0.1, 0.15) is 18.1 Å². The zero-order valence-electron chi connectivity index (χ0n) is 37.4. The van der Waals surface area contributed by atoms with Gasteiger partial charge in [0.2, 0.25) is 88.6 Å². The molecule has 0 spiro atoms. The Labute approximate surface area is 399 Å². The molecule has 36 nitrogen and oxygen atoms in total. The average molecular weight is 1020 g/mol. The van der Waals surface area contributed by atoms with Gasteiger partial charge in [-0.1, -0.05) is 0 Å². The molecule has 0 aromatic heterocycles. The minimum atomic E-state index is -1.61. The van der Waals surface area contributed by atoms with Gasteiger partial charge in [-0.3, -0.25) is 71.9 Å². The van der Waals surface area contributed by atoms with E-state index in [1.807, 2.05) is 5.32 Å². The SMILES string of the molecule is NCC(=O)NCC(=O)NCC(=O)NCC(=O)N[C@@H](CO)C(=O)NCC(=O)NCC(=O)NCC(=O)NCC(=O)NCC(=O)N[C@@H](CO)C(=O)NCC(=O)NCC(=O)NCC(=O)NCC(=O)N[C@@H](CO)C(=O)O. The molecule has 3 atom stereocenters. The van der Waals surface area contributed by atoms with Crippen LogP contribution in [0.15, 0.2) is 0 Å². The van der Waals surface area contributed by atoms with E-state index < -0.39 is 211 Å². The number of aliphatic hydroxyl groups excluding tert-OH is 3. The second kappa shape index (κ2) is 35.5. The Morgan fingerprint density at radius 2 is 0.465 bits per heavy atom. The molecular formula is C35H56N16O20. The number of carboxylic acids is 1. The van der Waals surface area contributed by atoms with Crippen LogP contribution in [0.1, 0.15) is 0 Å². The molecule has 0 radical (unpaired) electrons. The number of carbonyl (C=O) groups is 16. The van der Waals surface area contributed by atoms with Gasteiger partial charge in [0, 0.05) is 0 Å². The van der Waals surface area contributed by atoms with E-state index in [4.69, 9.17) is 15.9 Å². The van der Waals surface area contributed by atoms with E-state index in [-0.39, 0.29) is 6.54 Å². The average Bonchev–Trinajstić information content (AvgIpc) is 3.34. The van der Waals surface area contributed by atoms with E-state index >= 15 is 0 Å². The number of amides is 15. The minimum Gasteiger partial charge on any atom is -0.480 e. The second-order valence-electron chi connectivity index (χ2n) is 13.7. The first kappa shape index (κ1) is 62.4. The van der Waals surface area contributed by atoms with Gasteiger partial charge in [-0.05, 0) is 0 Å². The van der Waals surface area contributed by atoms with Gasteiger partial charge in [0.05, 0.1) is 105 Å². The highest BCUT2D eigenvalue weighted by atomic mass is 16.4. The molecular weight excluding hydrogens is 964 g/mol. The van der Waals surface area contributed by atoms with Crippen LogP contribution in [0.2, 0.25) is 0 Å². The molecule has 36 heteroatoms. The molecule has 71 heavy (non-hydrogen) atoms. The summed E-state index contributed by atoms with van der Waals surface area (Å²) in [6.45, 7) is -11.2. The standard InChI is InChI=1S/C35H56N16O20/c36-1-20(55)37-2-21(56)38-6-25(60)44-11-30(65)49-17(14-52)33(68)47-9-28(63)42-4-23(58)39-3-22(57)40-7-26(61)45-12-31(66)50-18(15-53)34(69)48-10-29(64)43-5-24(59)41-8-27(62)46-13-32(67)51-19(16-54)35(70)71/h17-19,52-54H,1-16,36H2,(H,37,55)(H,38,56)(H,39,58)(H,40,57)(H,41,59)(H,42,63)(H,43,64)(H,44,60)(H,45,61)(H,46,62)(H,47,68)(H,48,69)(H,49,65)(H,50,66)(H,51,67)(H,70,71)/t17-,18-,19-/m0/s1. The van der Waals surface area contributed by atoms with Crippen molar-refractivity contribution in [2.75, 3.05) is 105 Å². The molecule has 0 fully saturated rings. The van der Waals surface area contributed by atoms with Crippen LogP contribution in [-0.2, 0) is 76.7 Å². The first-order valence-electron chi connectivity index (χ1n) is 20.4. The van der Waals surface area contributed by atoms with Crippen LogP contribution in [-0.4, -0.2) is 238 Å². The van der Waals surface area contributed by atoms with Crippen molar-refractivity contribution in [2.24, 2.45) is 5.73 Å². The van der Waals surface area contributed by atoms with E-state index in [9.17, 15) is 86.9 Å². The number of carbonyl (C=O) groups excluding carboxylic acids is 15. The lowest BCUT2D eigenvalue weighted by Gasteiger charge is -2.16. The summed E-state index contributed by atoms with van der Waals surface area (Å²) in [6.07, 6.45) is 0. The predicted molar refractivity (Wildman–Crippen MR) is 230 cm³/mol. The molecule has 0 bridgehead atoms. The quantitative estimate of drug-likeness (QED) is 0.0285. The van der Waals surface area contributed by atoms with Crippen LogP contribution >= 0.6 is 0 Å². The number of carboxylic acid groups (broad SMARTS) is 1. The number of rotatable bonds is 34. The number of hydrogen-bond donors (Lipinski definition) is 20. The van der Waals surface area contributed by atoms with E-state index in [1.165, 1.54) is 0 Å². The maximum absolute atomic E-state index is 12.3. The van der Waals surface area contributed by atoms with Gasteiger partial charge in [0.15, 0.2) is 0 Å². The fraction of sp³-hybridized carbons (Fsp3) is 0.543. The topological polar surface area (TPSA) is 561 Å². The summed E-state index contributed by atoms with van der Waals surface area (Å²) < 4.78 is 0. The van der Waals surface area contributed by atoms with Crippen molar-refractivity contribution in [2.45, 2.75) is 18.1 Å². The van der Waals surface area contributed by atoms with Gasteiger partial charge in [-0.2, -0.15) is 0 Å². The highest BCUT2D eigenvalue weighted by Crippen LogP contribution is 1.87. The summed E-state index contributed by atoms with van der Waals surface area (Å²) in [6, 6.07) is -4.78. The van der Waals surface area contributed by atoms with Crippen LogP contribution < -0.4 is 85.5 Å². The lowest BCUT2D eigenvalue weighted by Crippen LogP contribution is -2.53. The third-order valence-corrected chi connectivity index (χ3v) is 7.98. The summed E-state index contributed by atoms with van der Waals surface area (Å²) in [7, 11) is 0. The first-order chi connectivity index (χ1) is 33.5. The van der Waals surface area contributed by atoms with Crippen LogP contribution in [0.25, 0.3) is 0 Å². The zero-order valence-corrected chi connectivity index (χ0v) is 37.4. The Bertz CT molecular complexity index is 1970. The molecule has 396 valence electrons. The largest absolute Gasteiger partial charge is 0.480 e. The summed E-state index contributed by atoms with van der Waals surface area (Å²) >= 11 is 0. The third kappa shape index (κ3) is 31.1. The Kier molecular flexibility index (Phi) is 31.2. The van der Waals surface area contributed by atoms with Crippen LogP contribution in [0, 0.1) is 0 Å². The highest BCUT2D eigenvalue weighted by molar-refractivity contribution is 5.96. The number of aliphatic carboxylic acids is 1. The molecule has 0 aliphatic heterocycles. The van der Waals surface area contributed by atoms with Crippen molar-refractivity contribution in [1.82, 2.24) is 79.8 Å². The summed E-state index contributed by atoms with van der Waals surface area (Å²) in [5.41, 5.74) is 5.08. The number of nitrogens with one attached hydrogen (secondary N) is 15. The van der Waals surface area contributed by atoms with Gasteiger partial charge >= 0.3 is 5.97 Å². The highest BCUT2D eigenvalue weighted by Gasteiger charge is 2.23. The molecule has 0 saturated carbocycles. The molecule has 0 unspecified atom stereocenters. The van der Waals surface area contributed by atoms with Crippen molar-refractivity contribution in [1.29, 1.82) is 0 Å². The van der Waals surface area contributed by atoms with Crippen LogP contribution in [0.5, 0.6) is 0 Å². The van der Waals surface area contributed by atoms with Crippen molar-refractivity contribution >= 4 is 94.6 Å². The van der Waals surface area contributed by atoms with E-state index in [0.29, 0.717) is 0 Å². The van der Waals surface area contributed by atoms with Gasteiger partial charge in [0.25, 0.3) is 0 Å². The fourth-order valence-electron chi connectivity index (χ4n) is 4.31. The van der Waals surface area contributed by atoms with E-state index in [0.717, 1.165) is 0 Å². The minimum absolute atomic E-state index is 0.351. The number of hydrogen-bond acceptors (Lipinski definition) is 20. The molecule has 0 aromatic carbocycles. The Hall–Kier alpha value is -8.64. The van der Waals surface area contributed by atoms with Crippen LogP contribution in [0.4, 0.5) is 0 Å². The Morgan fingerprint density at radius 1 is 0.282 bits per heavy atom. The van der Waals surface area contributed by atoms with E-state index in [1.54, 1.807) is 0 Å². The van der Waals surface area contributed by atoms with Gasteiger partial charge in [-0.25, -0.2) is 4.79 Å². The Morgan fingerprint density at radius 3 is 0.662 bits per heavy atom. The first-order valence-corrected chi connectivity index (χ1v) is 20.4. The zero-order chi connectivity index (χ0) is 53.9. The summed E-state index contributed by atoms with van der Waals surface area (Å²) in [5.74, 6) is -14.9. The second-order valence-corrected chi connectivity index (χ2v) is 13.7. The number of aliphatic hydroxyl groups is 3. The molecule has 21 N–H and O–H groups in total. The van der Waals surface area contributed by atoms with E-state index in [2.05, 4.69) is 74.4 Å². The van der Waals surface area contributed by atoms with Crippen molar-refractivity contribution < 1.29 is 97.1 Å². The number of nitrogens with two attached hydrogens (primary N) is 1. The molecule has 0 aliphatic rings. The monoisotopic (exact) mass is 1020 g/mol. The maximum Gasteiger partial charge on any atom is 0.328 e. The van der Waals surface area contributed by atoms with Crippen molar-refractivity contribution in [3.63, 3.8) is 0 Å². The van der Waals surface area contributed by atoms with Crippen LogP contribution in [0.3, 0.4) is 0 Å².